The zero-order valence-electron chi connectivity index (χ0n) is 8.53. The largest absolute Gasteiger partial charge is 0.239 e. The summed E-state index contributed by atoms with van der Waals surface area (Å²) in [7, 11) is 0. The summed E-state index contributed by atoms with van der Waals surface area (Å²) < 4.78 is 1.07. The maximum absolute atomic E-state index is 9.26. The van der Waals surface area contributed by atoms with Crippen LogP contribution in [0, 0.1) is 11.3 Å². The minimum absolute atomic E-state index is 0.309. The van der Waals surface area contributed by atoms with Crippen LogP contribution in [0.2, 0.25) is 5.02 Å². The van der Waals surface area contributed by atoms with E-state index in [0.29, 0.717) is 0 Å². The van der Waals surface area contributed by atoms with E-state index in [2.05, 4.69) is 11.1 Å². The van der Waals surface area contributed by atoms with Gasteiger partial charge in [-0.3, -0.25) is 0 Å². The van der Waals surface area contributed by atoms with Crippen molar-refractivity contribution in [3.05, 3.63) is 28.2 Å². The fourth-order valence-electron chi connectivity index (χ4n) is 2.01. The van der Waals surface area contributed by atoms with E-state index < -0.39 is 0 Å². The lowest BCUT2D eigenvalue weighted by atomic mass is 9.70. The van der Waals surface area contributed by atoms with E-state index in [4.69, 9.17) is 11.6 Å². The molecule has 16 heavy (non-hydrogen) atoms. The lowest BCUT2D eigenvalue weighted by molar-refractivity contribution is 0.323. The van der Waals surface area contributed by atoms with Crippen molar-refractivity contribution in [3.63, 3.8) is 0 Å². The van der Waals surface area contributed by atoms with Crippen molar-refractivity contribution < 1.29 is 0 Å². The minimum Gasteiger partial charge on any atom is -0.239 e. The SMILES string of the molecule is N#CC1(c2nc3ccc(Cl)cc3s2)CCC1. The predicted molar refractivity (Wildman–Crippen MR) is 65.8 cm³/mol. The summed E-state index contributed by atoms with van der Waals surface area (Å²) in [5.74, 6) is 0. The van der Waals surface area contributed by atoms with Crippen LogP contribution in [0.15, 0.2) is 18.2 Å². The molecule has 0 spiro atoms. The van der Waals surface area contributed by atoms with Gasteiger partial charge in [-0.05, 0) is 37.5 Å². The first-order valence-corrected chi connectivity index (χ1v) is 6.41. The van der Waals surface area contributed by atoms with Crippen molar-refractivity contribution in [2.45, 2.75) is 24.7 Å². The Hall–Kier alpha value is -1.11. The Labute approximate surface area is 102 Å². The summed E-state index contributed by atoms with van der Waals surface area (Å²) in [5.41, 5.74) is 0.641. The molecule has 1 aromatic carbocycles. The highest BCUT2D eigenvalue weighted by molar-refractivity contribution is 7.18. The maximum Gasteiger partial charge on any atom is 0.114 e. The van der Waals surface area contributed by atoms with Gasteiger partial charge in [0.05, 0.1) is 16.3 Å². The van der Waals surface area contributed by atoms with Crippen molar-refractivity contribution in [1.29, 1.82) is 5.26 Å². The Morgan fingerprint density at radius 1 is 1.44 bits per heavy atom. The van der Waals surface area contributed by atoms with E-state index in [1.54, 1.807) is 11.3 Å². The molecule has 3 rings (SSSR count). The zero-order valence-corrected chi connectivity index (χ0v) is 10.1. The number of fused-ring (bicyclic) bond motifs is 1. The third-order valence-corrected chi connectivity index (χ3v) is 4.64. The fourth-order valence-corrected chi connectivity index (χ4v) is 3.45. The quantitative estimate of drug-likeness (QED) is 0.768. The molecule has 1 heterocycles. The summed E-state index contributed by atoms with van der Waals surface area (Å²) in [4.78, 5) is 4.56. The van der Waals surface area contributed by atoms with E-state index in [1.807, 2.05) is 18.2 Å². The molecule has 0 radical (unpaired) electrons. The molecule has 1 aliphatic rings. The first-order chi connectivity index (χ1) is 7.73. The van der Waals surface area contributed by atoms with E-state index in [9.17, 15) is 5.26 Å². The van der Waals surface area contributed by atoms with E-state index in [0.717, 1.165) is 39.5 Å². The highest BCUT2D eigenvalue weighted by Crippen LogP contribution is 2.45. The topological polar surface area (TPSA) is 36.7 Å². The van der Waals surface area contributed by atoms with Crippen LogP contribution in [0.4, 0.5) is 0 Å². The molecule has 4 heteroatoms. The average molecular weight is 249 g/mol. The van der Waals surface area contributed by atoms with Crippen molar-refractivity contribution >= 4 is 33.2 Å². The molecule has 80 valence electrons. The van der Waals surface area contributed by atoms with Crippen molar-refractivity contribution in [2.75, 3.05) is 0 Å². The summed E-state index contributed by atoms with van der Waals surface area (Å²) in [6, 6.07) is 8.10. The number of halogens is 1. The molecule has 0 aliphatic heterocycles. The number of aromatic nitrogens is 1. The van der Waals surface area contributed by atoms with E-state index in [1.165, 1.54) is 0 Å². The summed E-state index contributed by atoms with van der Waals surface area (Å²) in [6.07, 6.45) is 3.01. The van der Waals surface area contributed by atoms with Gasteiger partial charge in [0, 0.05) is 5.02 Å². The number of nitriles is 1. The van der Waals surface area contributed by atoms with Gasteiger partial charge in [0.1, 0.15) is 10.4 Å². The Balaban J connectivity index is 2.16. The normalized spacial score (nSPS) is 18.0. The minimum atomic E-state index is -0.309. The second-order valence-electron chi connectivity index (χ2n) is 4.18. The number of nitrogens with zero attached hydrogens (tertiary/aromatic N) is 2. The number of hydrogen-bond acceptors (Lipinski definition) is 3. The molecule has 0 saturated heterocycles. The van der Waals surface area contributed by atoms with Crippen LogP contribution in [-0.4, -0.2) is 4.98 Å². The third-order valence-electron chi connectivity index (χ3n) is 3.18. The van der Waals surface area contributed by atoms with Gasteiger partial charge in [-0.15, -0.1) is 11.3 Å². The van der Waals surface area contributed by atoms with Gasteiger partial charge >= 0.3 is 0 Å². The Morgan fingerprint density at radius 3 is 2.88 bits per heavy atom. The molecule has 1 aromatic heterocycles. The number of rotatable bonds is 1. The van der Waals surface area contributed by atoms with Gasteiger partial charge in [0.15, 0.2) is 0 Å². The van der Waals surface area contributed by atoms with Gasteiger partial charge < -0.3 is 0 Å². The predicted octanol–water partition coefficient (Wildman–Crippen LogP) is 3.89. The molecule has 1 aliphatic carbocycles. The standard InChI is InChI=1S/C12H9ClN2S/c13-8-2-3-9-10(6-8)16-11(15-9)12(7-14)4-1-5-12/h2-3,6H,1,4-5H2. The van der Waals surface area contributed by atoms with Crippen molar-refractivity contribution in [2.24, 2.45) is 0 Å². The summed E-state index contributed by atoms with van der Waals surface area (Å²) in [6.45, 7) is 0. The van der Waals surface area contributed by atoms with E-state index >= 15 is 0 Å². The highest BCUT2D eigenvalue weighted by atomic mass is 35.5. The molecule has 1 saturated carbocycles. The Kier molecular flexibility index (Phi) is 2.17. The van der Waals surface area contributed by atoms with E-state index in [-0.39, 0.29) is 5.41 Å². The number of benzene rings is 1. The first-order valence-electron chi connectivity index (χ1n) is 5.21. The van der Waals surface area contributed by atoms with Gasteiger partial charge in [0.25, 0.3) is 0 Å². The Bertz CT molecular complexity index is 593. The molecule has 0 N–H and O–H groups in total. The maximum atomic E-state index is 9.26. The van der Waals surface area contributed by atoms with Crippen LogP contribution < -0.4 is 0 Å². The van der Waals surface area contributed by atoms with Crippen LogP contribution in [0.25, 0.3) is 10.2 Å². The van der Waals surface area contributed by atoms with Gasteiger partial charge in [0.2, 0.25) is 0 Å². The summed E-state index contributed by atoms with van der Waals surface area (Å²) >= 11 is 7.54. The summed E-state index contributed by atoms with van der Waals surface area (Å²) in [5, 5.41) is 10.9. The third kappa shape index (κ3) is 1.34. The highest BCUT2D eigenvalue weighted by Gasteiger charge is 2.41. The van der Waals surface area contributed by atoms with Gasteiger partial charge in [-0.2, -0.15) is 5.26 Å². The molecular weight excluding hydrogens is 240 g/mol. The molecule has 0 atom stereocenters. The second kappa shape index (κ2) is 3.44. The molecule has 2 aromatic rings. The first kappa shape index (κ1) is 10.1. The van der Waals surface area contributed by atoms with Crippen molar-refractivity contribution in [3.8, 4) is 6.07 Å². The smallest absolute Gasteiger partial charge is 0.114 e. The fraction of sp³-hybridized carbons (Fsp3) is 0.333. The lowest BCUT2D eigenvalue weighted by Crippen LogP contribution is -2.32. The number of hydrogen-bond donors (Lipinski definition) is 0. The second-order valence-corrected chi connectivity index (χ2v) is 5.65. The number of thiazole rings is 1. The zero-order chi connectivity index (χ0) is 11.2. The van der Waals surface area contributed by atoms with Crippen LogP contribution in [0.5, 0.6) is 0 Å². The van der Waals surface area contributed by atoms with Crippen LogP contribution in [0.3, 0.4) is 0 Å². The molecular formula is C12H9ClN2S. The molecule has 0 amide bonds. The van der Waals surface area contributed by atoms with Gasteiger partial charge in [-0.1, -0.05) is 11.6 Å². The van der Waals surface area contributed by atoms with Gasteiger partial charge in [-0.25, -0.2) is 4.98 Å². The Morgan fingerprint density at radius 2 is 2.25 bits per heavy atom. The molecule has 0 bridgehead atoms. The van der Waals surface area contributed by atoms with Crippen molar-refractivity contribution in [1.82, 2.24) is 4.98 Å². The van der Waals surface area contributed by atoms with Crippen LogP contribution >= 0.6 is 22.9 Å². The monoisotopic (exact) mass is 248 g/mol. The molecule has 1 fully saturated rings. The van der Waals surface area contributed by atoms with Crippen LogP contribution in [0.1, 0.15) is 24.3 Å². The molecule has 2 nitrogen and oxygen atoms in total. The molecule has 0 unspecified atom stereocenters. The average Bonchev–Trinajstić information content (AvgIpc) is 2.60. The van der Waals surface area contributed by atoms with Crippen LogP contribution in [-0.2, 0) is 5.41 Å². The lowest BCUT2D eigenvalue weighted by Gasteiger charge is -2.32.